The van der Waals surface area contributed by atoms with Crippen LogP contribution in [0.15, 0.2) is 64.1 Å². The molecule has 1 heterocycles. The molecule has 5 heteroatoms. The Kier molecular flexibility index (Phi) is 4.30. The van der Waals surface area contributed by atoms with E-state index >= 15 is 0 Å². The minimum Gasteiger partial charge on any atom is -0.268 e. The van der Waals surface area contributed by atoms with Crippen LogP contribution in [-0.4, -0.2) is 9.55 Å². The van der Waals surface area contributed by atoms with Gasteiger partial charge in [-0.25, -0.2) is 9.37 Å². The van der Waals surface area contributed by atoms with E-state index in [1.807, 2.05) is 25.1 Å². The third-order valence-electron chi connectivity index (χ3n) is 3.52. The van der Waals surface area contributed by atoms with Gasteiger partial charge in [0.2, 0.25) is 0 Å². The molecule has 0 spiro atoms. The molecule has 0 aliphatic heterocycles. The first-order valence-electron chi connectivity index (χ1n) is 7.24. The molecule has 3 aromatic rings. The maximum absolute atomic E-state index is 13.6. The summed E-state index contributed by atoms with van der Waals surface area (Å²) in [6, 6.07) is 11.5. The first-order chi connectivity index (χ1) is 11.2. The zero-order valence-electron chi connectivity index (χ0n) is 12.6. The van der Waals surface area contributed by atoms with Crippen molar-refractivity contribution in [2.75, 3.05) is 0 Å². The van der Waals surface area contributed by atoms with Gasteiger partial charge in [0.1, 0.15) is 11.6 Å². The molecular formula is C18H15FN2OS. The SMILES string of the molecule is C=CSc1cccc2nc(CC)n(-c3cccc(F)c3)c(=O)c12. The van der Waals surface area contributed by atoms with Gasteiger partial charge in [0.25, 0.3) is 5.56 Å². The molecule has 3 rings (SSSR count). The van der Waals surface area contributed by atoms with Crippen molar-refractivity contribution in [2.24, 2.45) is 0 Å². The van der Waals surface area contributed by atoms with Crippen molar-refractivity contribution in [1.29, 1.82) is 0 Å². The van der Waals surface area contributed by atoms with Crippen LogP contribution in [0.1, 0.15) is 12.7 Å². The second kappa shape index (κ2) is 6.38. The normalized spacial score (nSPS) is 10.9. The molecule has 0 N–H and O–H groups in total. The van der Waals surface area contributed by atoms with E-state index < -0.39 is 0 Å². The summed E-state index contributed by atoms with van der Waals surface area (Å²) in [7, 11) is 0. The molecule has 1 aromatic heterocycles. The van der Waals surface area contributed by atoms with Gasteiger partial charge in [-0.3, -0.25) is 9.36 Å². The molecule has 2 aromatic carbocycles. The molecule has 0 aliphatic rings. The highest BCUT2D eigenvalue weighted by Gasteiger charge is 2.14. The first kappa shape index (κ1) is 15.5. The van der Waals surface area contributed by atoms with Gasteiger partial charge in [0.15, 0.2) is 0 Å². The monoisotopic (exact) mass is 326 g/mol. The zero-order chi connectivity index (χ0) is 16.4. The van der Waals surface area contributed by atoms with Crippen LogP contribution in [-0.2, 0) is 6.42 Å². The Balaban J connectivity index is 2.41. The van der Waals surface area contributed by atoms with Crippen LogP contribution in [0.4, 0.5) is 4.39 Å². The molecule has 0 unspecified atom stereocenters. The van der Waals surface area contributed by atoms with Gasteiger partial charge in [0, 0.05) is 11.3 Å². The topological polar surface area (TPSA) is 34.9 Å². The Bertz CT molecular complexity index is 949. The van der Waals surface area contributed by atoms with Crippen LogP contribution >= 0.6 is 11.8 Å². The van der Waals surface area contributed by atoms with Crippen LogP contribution in [0.2, 0.25) is 0 Å². The molecule has 0 saturated heterocycles. The number of hydrogen-bond acceptors (Lipinski definition) is 3. The summed E-state index contributed by atoms with van der Waals surface area (Å²) >= 11 is 1.38. The summed E-state index contributed by atoms with van der Waals surface area (Å²) < 4.78 is 15.1. The number of benzene rings is 2. The second-order valence-electron chi connectivity index (χ2n) is 4.94. The van der Waals surface area contributed by atoms with Gasteiger partial charge in [-0.05, 0) is 35.7 Å². The summed E-state index contributed by atoms with van der Waals surface area (Å²) in [5.74, 6) is 0.221. The third kappa shape index (κ3) is 2.80. The van der Waals surface area contributed by atoms with E-state index in [2.05, 4.69) is 11.6 Å². The highest BCUT2D eigenvalue weighted by Crippen LogP contribution is 2.26. The van der Waals surface area contributed by atoms with E-state index in [4.69, 9.17) is 0 Å². The summed E-state index contributed by atoms with van der Waals surface area (Å²) in [4.78, 5) is 18.5. The lowest BCUT2D eigenvalue weighted by molar-refractivity contribution is 0.625. The molecule has 0 bridgehead atoms. The van der Waals surface area contributed by atoms with Crippen molar-refractivity contribution in [3.8, 4) is 5.69 Å². The lowest BCUT2D eigenvalue weighted by Gasteiger charge is -2.13. The number of nitrogens with zero attached hydrogens (tertiary/aromatic N) is 2. The molecule has 116 valence electrons. The molecule has 3 nitrogen and oxygen atoms in total. The minimum atomic E-state index is -0.384. The Labute approximate surface area is 137 Å². The lowest BCUT2D eigenvalue weighted by Crippen LogP contribution is -2.24. The molecule has 0 radical (unpaired) electrons. The number of fused-ring (bicyclic) bond motifs is 1. The number of hydrogen-bond donors (Lipinski definition) is 0. The molecule has 0 atom stereocenters. The number of aromatic nitrogens is 2. The van der Waals surface area contributed by atoms with Gasteiger partial charge in [0.05, 0.1) is 16.6 Å². The minimum absolute atomic E-state index is 0.192. The van der Waals surface area contributed by atoms with E-state index in [1.165, 1.54) is 28.5 Å². The third-order valence-corrected chi connectivity index (χ3v) is 4.28. The smallest absolute Gasteiger partial charge is 0.267 e. The Morgan fingerprint density at radius 3 is 2.78 bits per heavy atom. The van der Waals surface area contributed by atoms with Gasteiger partial charge in [-0.15, -0.1) is 0 Å². The van der Waals surface area contributed by atoms with Crippen LogP contribution in [0.25, 0.3) is 16.6 Å². The quantitative estimate of drug-likeness (QED) is 0.670. The van der Waals surface area contributed by atoms with Crippen molar-refractivity contribution < 1.29 is 4.39 Å². The standard InChI is InChI=1S/C18H15FN2OS/c1-3-16-20-14-9-6-10-15(23-4-2)17(14)18(22)21(16)13-8-5-7-12(19)11-13/h4-11H,2-3H2,1H3. The second-order valence-corrected chi connectivity index (χ2v) is 5.95. The van der Waals surface area contributed by atoms with Gasteiger partial charge in [-0.2, -0.15) is 0 Å². The summed E-state index contributed by atoms with van der Waals surface area (Å²) in [6.07, 6.45) is 0.570. The average molecular weight is 326 g/mol. The van der Waals surface area contributed by atoms with Crippen molar-refractivity contribution in [1.82, 2.24) is 9.55 Å². The van der Waals surface area contributed by atoms with E-state index in [9.17, 15) is 9.18 Å². The lowest BCUT2D eigenvalue weighted by atomic mass is 10.2. The molecule has 23 heavy (non-hydrogen) atoms. The maximum Gasteiger partial charge on any atom is 0.267 e. The number of aryl methyl sites for hydroxylation is 1. The predicted molar refractivity (Wildman–Crippen MR) is 92.7 cm³/mol. The van der Waals surface area contributed by atoms with Gasteiger partial charge in [-0.1, -0.05) is 37.4 Å². The Hall–Kier alpha value is -2.40. The average Bonchev–Trinajstić information content (AvgIpc) is 2.54. The van der Waals surface area contributed by atoms with Crippen molar-refractivity contribution in [2.45, 2.75) is 18.2 Å². The zero-order valence-corrected chi connectivity index (χ0v) is 13.4. The summed E-state index contributed by atoms with van der Waals surface area (Å²) in [5, 5.41) is 2.20. The Morgan fingerprint density at radius 2 is 2.09 bits per heavy atom. The molecular weight excluding hydrogens is 311 g/mol. The maximum atomic E-state index is 13.6. The van der Waals surface area contributed by atoms with E-state index in [-0.39, 0.29) is 11.4 Å². The summed E-state index contributed by atoms with van der Waals surface area (Å²) in [6.45, 7) is 5.62. The van der Waals surface area contributed by atoms with E-state index in [1.54, 1.807) is 17.5 Å². The van der Waals surface area contributed by atoms with Crippen molar-refractivity contribution in [3.05, 3.63) is 76.4 Å². The highest BCUT2D eigenvalue weighted by molar-refractivity contribution is 8.02. The predicted octanol–water partition coefficient (Wildman–Crippen LogP) is 4.32. The van der Waals surface area contributed by atoms with E-state index in [0.29, 0.717) is 28.8 Å². The highest BCUT2D eigenvalue weighted by atomic mass is 32.2. The Morgan fingerprint density at radius 1 is 1.30 bits per heavy atom. The van der Waals surface area contributed by atoms with Crippen LogP contribution in [0.3, 0.4) is 0 Å². The van der Waals surface area contributed by atoms with Gasteiger partial charge >= 0.3 is 0 Å². The van der Waals surface area contributed by atoms with Crippen molar-refractivity contribution in [3.63, 3.8) is 0 Å². The van der Waals surface area contributed by atoms with E-state index in [0.717, 1.165) is 4.90 Å². The number of thioether (sulfide) groups is 1. The van der Waals surface area contributed by atoms with Crippen LogP contribution < -0.4 is 5.56 Å². The molecule has 0 fully saturated rings. The van der Waals surface area contributed by atoms with Crippen molar-refractivity contribution >= 4 is 22.7 Å². The van der Waals surface area contributed by atoms with Crippen LogP contribution in [0.5, 0.6) is 0 Å². The fourth-order valence-corrected chi connectivity index (χ4v) is 3.20. The first-order valence-corrected chi connectivity index (χ1v) is 8.11. The number of rotatable bonds is 4. The van der Waals surface area contributed by atoms with Crippen LogP contribution in [0, 0.1) is 5.82 Å². The number of halogens is 1. The summed E-state index contributed by atoms with van der Waals surface area (Å²) in [5.41, 5.74) is 0.938. The fourth-order valence-electron chi connectivity index (χ4n) is 2.55. The molecule has 0 aliphatic carbocycles. The van der Waals surface area contributed by atoms with Gasteiger partial charge < -0.3 is 0 Å². The largest absolute Gasteiger partial charge is 0.268 e. The fraction of sp³-hybridized carbons (Fsp3) is 0.111. The molecule has 0 amide bonds. The molecule has 0 saturated carbocycles.